The number of hydrogen-bond acceptors (Lipinski definition) is 1. The Labute approximate surface area is 181 Å². The van der Waals surface area contributed by atoms with Gasteiger partial charge in [0.15, 0.2) is 0 Å². The van der Waals surface area contributed by atoms with Crippen molar-refractivity contribution >= 4 is 5.78 Å². The molecule has 4 rings (SSSR count). The van der Waals surface area contributed by atoms with Crippen LogP contribution >= 0.6 is 0 Å². The van der Waals surface area contributed by atoms with Crippen LogP contribution in [0.5, 0.6) is 0 Å². The van der Waals surface area contributed by atoms with Crippen molar-refractivity contribution in [1.29, 1.82) is 0 Å². The maximum absolute atomic E-state index is 13.6. The third-order valence-electron chi connectivity index (χ3n) is 7.13. The van der Waals surface area contributed by atoms with Gasteiger partial charge in [0.1, 0.15) is 5.78 Å². The van der Waals surface area contributed by atoms with Crippen molar-refractivity contribution in [3.63, 3.8) is 0 Å². The maximum atomic E-state index is 13.6. The van der Waals surface area contributed by atoms with Crippen molar-refractivity contribution in [3.8, 4) is 0 Å². The lowest BCUT2D eigenvalue weighted by atomic mass is 9.66. The van der Waals surface area contributed by atoms with E-state index in [1.807, 2.05) is 18.2 Å². The summed E-state index contributed by atoms with van der Waals surface area (Å²) >= 11 is 0. The van der Waals surface area contributed by atoms with E-state index in [2.05, 4.69) is 94.4 Å². The molecule has 1 nitrogen and oxygen atoms in total. The van der Waals surface area contributed by atoms with E-state index in [1.54, 1.807) is 0 Å². The summed E-state index contributed by atoms with van der Waals surface area (Å²) in [7, 11) is 0. The molecule has 0 fully saturated rings. The van der Waals surface area contributed by atoms with E-state index in [0.717, 1.165) is 18.4 Å². The van der Waals surface area contributed by atoms with Crippen LogP contribution in [0, 0.1) is 0 Å². The van der Waals surface area contributed by atoms with E-state index in [9.17, 15) is 4.79 Å². The van der Waals surface area contributed by atoms with Gasteiger partial charge in [-0.2, -0.15) is 0 Å². The van der Waals surface area contributed by atoms with Crippen LogP contribution in [0.1, 0.15) is 62.8 Å². The number of carbonyl (C=O) groups is 1. The Hall–Kier alpha value is -2.67. The van der Waals surface area contributed by atoms with Gasteiger partial charge in [-0.1, -0.05) is 106 Å². The topological polar surface area (TPSA) is 17.1 Å². The Kier molecular flexibility index (Phi) is 5.18. The first-order chi connectivity index (χ1) is 14.2. The zero-order valence-corrected chi connectivity index (χ0v) is 18.6. The van der Waals surface area contributed by atoms with Gasteiger partial charge in [0, 0.05) is 6.42 Å². The Morgan fingerprint density at radius 3 is 1.97 bits per heavy atom. The quantitative estimate of drug-likeness (QED) is 0.448. The van der Waals surface area contributed by atoms with E-state index < -0.39 is 5.41 Å². The first-order valence-electron chi connectivity index (χ1n) is 11.0. The molecule has 0 radical (unpaired) electrons. The minimum absolute atomic E-state index is 0.0247. The van der Waals surface area contributed by atoms with E-state index in [0.29, 0.717) is 12.2 Å². The second-order valence-electron chi connectivity index (χ2n) is 10.1. The second kappa shape index (κ2) is 7.54. The third kappa shape index (κ3) is 3.62. The summed E-state index contributed by atoms with van der Waals surface area (Å²) in [5.41, 5.74) is 4.55. The minimum atomic E-state index is -0.450. The fourth-order valence-electron chi connectivity index (χ4n) is 5.81. The van der Waals surface area contributed by atoms with Gasteiger partial charge < -0.3 is 0 Å². The number of fused-ring (bicyclic) bond motifs is 1. The molecular weight excluding hydrogens is 364 g/mol. The standard InChI is InChI=1S/C29H32O/c1-27(2,23-15-9-6-10-16-23)20-28(3)21-29(4,25-18-12-11-17-24(25)28)26(30)19-22-13-7-5-8-14-22/h5-18H,19-21H2,1-4H3. The average molecular weight is 397 g/mol. The van der Waals surface area contributed by atoms with Gasteiger partial charge in [-0.3, -0.25) is 4.79 Å². The van der Waals surface area contributed by atoms with Gasteiger partial charge in [-0.05, 0) is 52.8 Å². The fraction of sp³-hybridized carbons (Fsp3) is 0.345. The monoisotopic (exact) mass is 396 g/mol. The van der Waals surface area contributed by atoms with Crippen LogP contribution in [0.2, 0.25) is 0 Å². The van der Waals surface area contributed by atoms with Gasteiger partial charge >= 0.3 is 0 Å². The summed E-state index contributed by atoms with van der Waals surface area (Å²) in [6.07, 6.45) is 2.36. The highest BCUT2D eigenvalue weighted by Gasteiger charge is 2.52. The largest absolute Gasteiger partial charge is 0.298 e. The summed E-state index contributed by atoms with van der Waals surface area (Å²) in [6, 6.07) is 29.5. The van der Waals surface area contributed by atoms with Crippen LogP contribution in [0.4, 0.5) is 0 Å². The summed E-state index contributed by atoms with van der Waals surface area (Å²) < 4.78 is 0. The molecule has 30 heavy (non-hydrogen) atoms. The molecule has 0 spiro atoms. The molecule has 1 aliphatic carbocycles. The van der Waals surface area contributed by atoms with Crippen LogP contribution in [0.25, 0.3) is 0 Å². The van der Waals surface area contributed by atoms with Crippen LogP contribution in [0.15, 0.2) is 84.9 Å². The van der Waals surface area contributed by atoms with Crippen LogP contribution in [-0.4, -0.2) is 5.78 Å². The number of Topliss-reactive ketones (excluding diaryl/α,β-unsaturated/α-hetero) is 1. The Morgan fingerprint density at radius 1 is 0.800 bits per heavy atom. The van der Waals surface area contributed by atoms with Crippen molar-refractivity contribution in [2.75, 3.05) is 0 Å². The Balaban J connectivity index is 1.69. The lowest BCUT2D eigenvalue weighted by Gasteiger charge is -2.37. The molecule has 1 heteroatoms. The van der Waals surface area contributed by atoms with Crippen molar-refractivity contribution in [3.05, 3.63) is 107 Å². The highest BCUT2D eigenvalue weighted by Crippen LogP contribution is 2.54. The molecular formula is C29H32O. The number of carbonyl (C=O) groups excluding carboxylic acids is 1. The molecule has 154 valence electrons. The normalized spacial score (nSPS) is 23.2. The lowest BCUT2D eigenvalue weighted by molar-refractivity contribution is -0.123. The molecule has 0 aromatic heterocycles. The first kappa shape index (κ1) is 20.6. The summed E-state index contributed by atoms with van der Waals surface area (Å²) in [5.74, 6) is 0.322. The molecule has 3 aromatic rings. The van der Waals surface area contributed by atoms with E-state index in [4.69, 9.17) is 0 Å². The van der Waals surface area contributed by atoms with Crippen LogP contribution < -0.4 is 0 Å². The fourth-order valence-corrected chi connectivity index (χ4v) is 5.81. The second-order valence-corrected chi connectivity index (χ2v) is 10.1. The first-order valence-corrected chi connectivity index (χ1v) is 11.0. The predicted molar refractivity (Wildman–Crippen MR) is 125 cm³/mol. The highest BCUT2D eigenvalue weighted by atomic mass is 16.1. The Bertz CT molecular complexity index is 1030. The van der Waals surface area contributed by atoms with Crippen LogP contribution in [0.3, 0.4) is 0 Å². The lowest BCUT2D eigenvalue weighted by Crippen LogP contribution is -2.36. The van der Waals surface area contributed by atoms with E-state index in [1.165, 1.54) is 16.7 Å². The van der Waals surface area contributed by atoms with Crippen molar-refractivity contribution in [1.82, 2.24) is 0 Å². The molecule has 2 unspecified atom stereocenters. The molecule has 3 aromatic carbocycles. The molecule has 0 N–H and O–H groups in total. The zero-order valence-electron chi connectivity index (χ0n) is 18.6. The molecule has 0 aliphatic heterocycles. The van der Waals surface area contributed by atoms with Crippen molar-refractivity contribution < 1.29 is 4.79 Å². The average Bonchev–Trinajstić information content (AvgIpc) is 2.97. The number of rotatable bonds is 6. The molecule has 0 amide bonds. The molecule has 1 aliphatic rings. The smallest absolute Gasteiger partial charge is 0.147 e. The van der Waals surface area contributed by atoms with Crippen molar-refractivity contribution in [2.45, 2.75) is 63.2 Å². The molecule has 0 saturated carbocycles. The predicted octanol–water partition coefficient (Wildman–Crippen LogP) is 6.79. The summed E-state index contributed by atoms with van der Waals surface area (Å²) in [5, 5.41) is 0. The van der Waals surface area contributed by atoms with Gasteiger partial charge in [0.05, 0.1) is 5.41 Å². The SMILES string of the molecule is CC(C)(CC1(C)CC(C)(C(=O)Cc2ccccc2)c2ccccc21)c1ccccc1. The van der Waals surface area contributed by atoms with E-state index in [-0.39, 0.29) is 10.8 Å². The molecule has 0 heterocycles. The molecule has 2 atom stereocenters. The minimum Gasteiger partial charge on any atom is -0.298 e. The van der Waals surface area contributed by atoms with Crippen molar-refractivity contribution in [2.24, 2.45) is 0 Å². The summed E-state index contributed by atoms with van der Waals surface area (Å²) in [6.45, 7) is 9.19. The van der Waals surface area contributed by atoms with Crippen LogP contribution in [-0.2, 0) is 27.5 Å². The Morgan fingerprint density at radius 2 is 1.33 bits per heavy atom. The van der Waals surface area contributed by atoms with Gasteiger partial charge in [-0.25, -0.2) is 0 Å². The molecule has 0 bridgehead atoms. The third-order valence-corrected chi connectivity index (χ3v) is 7.13. The number of benzene rings is 3. The summed E-state index contributed by atoms with van der Waals surface area (Å²) in [4.78, 5) is 13.6. The van der Waals surface area contributed by atoms with Gasteiger partial charge in [0.2, 0.25) is 0 Å². The highest BCUT2D eigenvalue weighted by molar-refractivity contribution is 5.93. The van der Waals surface area contributed by atoms with E-state index >= 15 is 0 Å². The maximum Gasteiger partial charge on any atom is 0.147 e. The van der Waals surface area contributed by atoms with Gasteiger partial charge in [-0.15, -0.1) is 0 Å². The van der Waals surface area contributed by atoms with Gasteiger partial charge in [0.25, 0.3) is 0 Å². The number of hydrogen-bond donors (Lipinski definition) is 0. The number of ketones is 1. The zero-order chi connectivity index (χ0) is 21.4. The molecule has 0 saturated heterocycles.